The summed E-state index contributed by atoms with van der Waals surface area (Å²) in [7, 11) is 0.775. The molecule has 0 aliphatic heterocycles. The maximum atomic E-state index is 13.5. The van der Waals surface area contributed by atoms with E-state index >= 15 is 0 Å². The van der Waals surface area contributed by atoms with Crippen LogP contribution in [0, 0.1) is 20.2 Å². The molecule has 0 atom stereocenters. The Hall–Kier alpha value is -2.85. The molecule has 1 aromatic rings. The second-order valence-electron chi connectivity index (χ2n) is 4.66. The highest BCUT2D eigenvalue weighted by Crippen LogP contribution is 2.55. The fourth-order valence-electron chi connectivity index (χ4n) is 1.59. The molecule has 0 saturated heterocycles. The number of ether oxygens (including phenoxy) is 1. The van der Waals surface area contributed by atoms with Crippen LogP contribution >= 0.6 is 11.8 Å². The lowest BCUT2D eigenvalue weighted by atomic mass is 10.2. The number of anilines is 1. The normalized spacial score (nSPS) is 12.4. The summed E-state index contributed by atoms with van der Waals surface area (Å²) in [5.74, 6) is -6.56. The fraction of sp³-hybridized carbons (Fsp3) is 0.364. The molecular formula is C11H6F7N3O6S. The predicted octanol–water partition coefficient (Wildman–Crippen LogP) is 4.56. The second kappa shape index (κ2) is 7.64. The molecule has 0 saturated carbocycles. The van der Waals surface area contributed by atoms with Gasteiger partial charge in [0.05, 0.1) is 17.0 Å². The summed E-state index contributed by atoms with van der Waals surface area (Å²) >= 11 is -1.48. The number of amides is 1. The van der Waals surface area contributed by atoms with Gasteiger partial charge in [-0.05, 0) is 11.8 Å². The molecule has 9 nitrogen and oxygen atoms in total. The quantitative estimate of drug-likeness (QED) is 0.297. The highest BCUT2D eigenvalue weighted by molar-refractivity contribution is 8.00. The Bertz CT molecular complexity index is 781. The molecule has 0 aliphatic rings. The number of nitro benzene ring substituents is 2. The van der Waals surface area contributed by atoms with E-state index < -0.39 is 67.0 Å². The molecule has 28 heavy (non-hydrogen) atoms. The van der Waals surface area contributed by atoms with Crippen LogP contribution in [0.5, 0.6) is 0 Å². The van der Waals surface area contributed by atoms with E-state index in [1.165, 1.54) is 0 Å². The van der Waals surface area contributed by atoms with Crippen molar-refractivity contribution in [3.8, 4) is 0 Å². The van der Waals surface area contributed by atoms with E-state index in [-0.39, 0.29) is 12.1 Å². The number of hydrogen-bond donors (Lipinski definition) is 1. The van der Waals surface area contributed by atoms with Crippen molar-refractivity contribution in [2.75, 3.05) is 12.4 Å². The smallest absolute Gasteiger partial charge is 0.453 e. The molecule has 0 fully saturated rings. The third-order valence-electron chi connectivity index (χ3n) is 2.84. The molecule has 1 rings (SSSR count). The van der Waals surface area contributed by atoms with E-state index in [1.54, 1.807) is 5.32 Å². The van der Waals surface area contributed by atoms with Gasteiger partial charge in [-0.3, -0.25) is 25.5 Å². The average Bonchev–Trinajstić information content (AvgIpc) is 2.53. The van der Waals surface area contributed by atoms with Crippen molar-refractivity contribution in [3.63, 3.8) is 0 Å². The van der Waals surface area contributed by atoms with E-state index in [0.717, 1.165) is 7.11 Å². The van der Waals surface area contributed by atoms with Gasteiger partial charge in [-0.15, -0.1) is 0 Å². The first-order valence-electron chi connectivity index (χ1n) is 6.38. The van der Waals surface area contributed by atoms with Crippen molar-refractivity contribution < 1.29 is 50.1 Å². The van der Waals surface area contributed by atoms with Crippen molar-refractivity contribution in [1.29, 1.82) is 0 Å². The van der Waals surface area contributed by atoms with Gasteiger partial charge >= 0.3 is 34.8 Å². The third kappa shape index (κ3) is 4.52. The van der Waals surface area contributed by atoms with E-state index in [4.69, 9.17) is 0 Å². The number of halogens is 7. The standard InChI is InChI=1S/C11H6F7N3O6S/c1-27-8(22)19-7-5(20(23)24)2-4(3-6(7)21(25)26)28-11(17,18)9(12,13)10(14,15)16/h2-3H,1H3,(H,19,22). The third-order valence-corrected chi connectivity index (χ3v) is 3.83. The maximum Gasteiger partial charge on any atom is 0.460 e. The van der Waals surface area contributed by atoms with Crippen LogP contribution in [0.25, 0.3) is 0 Å². The largest absolute Gasteiger partial charge is 0.460 e. The van der Waals surface area contributed by atoms with E-state index in [0.29, 0.717) is 0 Å². The molecule has 0 aromatic heterocycles. The van der Waals surface area contributed by atoms with Crippen LogP contribution < -0.4 is 5.32 Å². The van der Waals surface area contributed by atoms with Crippen LogP contribution in [0.3, 0.4) is 0 Å². The molecule has 1 N–H and O–H groups in total. The summed E-state index contributed by atoms with van der Waals surface area (Å²) < 4.78 is 93.5. The van der Waals surface area contributed by atoms with Crippen LogP contribution in [0.1, 0.15) is 0 Å². The zero-order valence-corrected chi connectivity index (χ0v) is 13.9. The molecule has 0 aliphatic carbocycles. The Balaban J connectivity index is 3.56. The van der Waals surface area contributed by atoms with Gasteiger partial charge in [0.1, 0.15) is 0 Å². The van der Waals surface area contributed by atoms with Crippen molar-refractivity contribution in [2.45, 2.75) is 22.2 Å². The van der Waals surface area contributed by atoms with Crippen LogP contribution in [0.4, 0.5) is 52.6 Å². The number of hydrogen-bond acceptors (Lipinski definition) is 7. The first-order valence-corrected chi connectivity index (χ1v) is 7.20. The van der Waals surface area contributed by atoms with Crippen LogP contribution in [0.15, 0.2) is 17.0 Å². The molecular weight excluding hydrogens is 435 g/mol. The molecule has 17 heteroatoms. The fourth-order valence-corrected chi connectivity index (χ4v) is 2.47. The van der Waals surface area contributed by atoms with Crippen molar-refractivity contribution in [1.82, 2.24) is 0 Å². The number of thioether (sulfide) groups is 1. The number of carbonyl (C=O) groups excluding carboxylic acids is 1. The van der Waals surface area contributed by atoms with E-state index in [2.05, 4.69) is 4.74 Å². The number of nitrogens with zero attached hydrogens (tertiary/aromatic N) is 2. The zero-order valence-electron chi connectivity index (χ0n) is 13.1. The number of carbonyl (C=O) groups is 1. The minimum atomic E-state index is -6.67. The molecule has 1 amide bonds. The zero-order chi connectivity index (χ0) is 22.1. The Morgan fingerprint density at radius 2 is 1.46 bits per heavy atom. The van der Waals surface area contributed by atoms with E-state index in [9.17, 15) is 55.8 Å². The lowest BCUT2D eigenvalue weighted by Gasteiger charge is -2.27. The molecule has 0 spiro atoms. The van der Waals surface area contributed by atoms with Gasteiger partial charge < -0.3 is 4.74 Å². The minimum absolute atomic E-state index is 0.0588. The van der Waals surface area contributed by atoms with Crippen LogP contribution in [0.2, 0.25) is 0 Å². The van der Waals surface area contributed by atoms with Crippen LogP contribution in [-0.2, 0) is 4.74 Å². The summed E-state index contributed by atoms with van der Waals surface area (Å²) in [5.41, 5.74) is -4.00. The van der Waals surface area contributed by atoms with Gasteiger partial charge in [0, 0.05) is 17.0 Å². The summed E-state index contributed by atoms with van der Waals surface area (Å²) in [5, 5.41) is 17.7. The van der Waals surface area contributed by atoms with Crippen molar-refractivity contribution >= 4 is 34.9 Å². The summed E-state index contributed by atoms with van der Waals surface area (Å²) in [6, 6.07) is 0.118. The van der Waals surface area contributed by atoms with Gasteiger partial charge in [0.15, 0.2) is 0 Å². The van der Waals surface area contributed by atoms with Gasteiger partial charge in [0.25, 0.3) is 0 Å². The van der Waals surface area contributed by atoms with Gasteiger partial charge in [-0.1, -0.05) is 0 Å². The monoisotopic (exact) mass is 441 g/mol. The molecule has 156 valence electrons. The number of methoxy groups -OCH3 is 1. The molecule has 1 aromatic carbocycles. The Morgan fingerprint density at radius 1 is 1.04 bits per heavy atom. The Morgan fingerprint density at radius 3 is 1.79 bits per heavy atom. The first kappa shape index (κ1) is 23.2. The molecule has 0 radical (unpaired) electrons. The molecule has 0 bridgehead atoms. The number of benzene rings is 1. The van der Waals surface area contributed by atoms with Gasteiger partial charge in [-0.25, -0.2) is 4.79 Å². The number of rotatable bonds is 6. The number of alkyl halides is 7. The summed E-state index contributed by atoms with van der Waals surface area (Å²) in [4.78, 5) is 29.0. The predicted molar refractivity (Wildman–Crippen MR) is 77.6 cm³/mol. The van der Waals surface area contributed by atoms with Crippen molar-refractivity contribution in [3.05, 3.63) is 32.4 Å². The second-order valence-corrected chi connectivity index (χ2v) is 5.85. The summed E-state index contributed by atoms with van der Waals surface area (Å²) in [6.45, 7) is 0. The topological polar surface area (TPSA) is 125 Å². The Labute approximate surface area is 153 Å². The highest BCUT2D eigenvalue weighted by Gasteiger charge is 2.73. The first-order chi connectivity index (χ1) is 12.5. The minimum Gasteiger partial charge on any atom is -0.453 e. The van der Waals surface area contributed by atoms with Gasteiger partial charge in [0.2, 0.25) is 5.69 Å². The SMILES string of the molecule is COC(=O)Nc1c([N+](=O)[O-])cc(SC(F)(F)C(F)(F)C(F)(F)F)cc1[N+](=O)[O-]. The number of nitrogens with one attached hydrogen (secondary N) is 1. The van der Waals surface area contributed by atoms with Gasteiger partial charge in [-0.2, -0.15) is 30.7 Å². The maximum absolute atomic E-state index is 13.5. The lowest BCUT2D eigenvalue weighted by molar-refractivity contribution is -0.392. The van der Waals surface area contributed by atoms with E-state index in [1.807, 2.05) is 0 Å². The lowest BCUT2D eigenvalue weighted by Crippen LogP contribution is -2.49. The van der Waals surface area contributed by atoms with Crippen molar-refractivity contribution in [2.24, 2.45) is 0 Å². The molecule has 0 unspecified atom stereocenters. The average molecular weight is 441 g/mol. The summed E-state index contributed by atoms with van der Waals surface area (Å²) in [6.07, 6.45) is -8.12. The number of nitro groups is 2. The highest BCUT2D eigenvalue weighted by atomic mass is 32.2. The molecule has 0 heterocycles. The van der Waals surface area contributed by atoms with Crippen LogP contribution in [-0.4, -0.2) is 40.4 Å². The Kier molecular flexibility index (Phi) is 6.33.